The van der Waals surface area contributed by atoms with E-state index in [0.717, 1.165) is 57.7 Å². The van der Waals surface area contributed by atoms with Gasteiger partial charge in [-0.2, -0.15) is 0 Å². The number of benzene rings is 1. The first-order chi connectivity index (χ1) is 23.4. The number of primary amides is 1. The third-order valence-corrected chi connectivity index (χ3v) is 11.8. The molecule has 4 aliphatic heterocycles. The minimum Gasteiger partial charge on any atom is -0.381 e. The van der Waals surface area contributed by atoms with E-state index in [1.54, 1.807) is 6.20 Å². The first-order valence-electron chi connectivity index (χ1n) is 17.9. The highest BCUT2D eigenvalue weighted by molar-refractivity contribution is 5.97. The molecule has 11 nitrogen and oxygen atoms in total. The van der Waals surface area contributed by atoms with Gasteiger partial charge in [-0.25, -0.2) is 9.97 Å². The molecule has 8 rings (SSSR count). The average molecular weight is 652 g/mol. The fraction of sp³-hybridized carbons (Fsp3) is 0.568. The zero-order chi connectivity index (χ0) is 32.7. The van der Waals surface area contributed by atoms with Crippen molar-refractivity contribution in [3.05, 3.63) is 54.4 Å². The van der Waals surface area contributed by atoms with Crippen LogP contribution in [0, 0.1) is 10.8 Å². The largest absolute Gasteiger partial charge is 0.381 e. The van der Waals surface area contributed by atoms with E-state index >= 15 is 0 Å². The van der Waals surface area contributed by atoms with Gasteiger partial charge in [0.15, 0.2) is 17.3 Å². The van der Waals surface area contributed by atoms with Crippen molar-refractivity contribution < 1.29 is 9.53 Å². The van der Waals surface area contributed by atoms with Crippen molar-refractivity contribution >= 4 is 28.9 Å². The second kappa shape index (κ2) is 12.9. The number of carbonyl (C=O) groups is 1. The first-order valence-corrected chi connectivity index (χ1v) is 17.9. The van der Waals surface area contributed by atoms with E-state index in [1.165, 1.54) is 57.5 Å². The molecule has 5 fully saturated rings. The van der Waals surface area contributed by atoms with Crippen LogP contribution in [-0.4, -0.2) is 102 Å². The van der Waals surface area contributed by atoms with Gasteiger partial charge in [0, 0.05) is 69.0 Å². The molecule has 11 heteroatoms. The highest BCUT2D eigenvalue weighted by atomic mass is 16.5. The summed E-state index contributed by atoms with van der Waals surface area (Å²) in [4.78, 5) is 34.6. The van der Waals surface area contributed by atoms with Crippen molar-refractivity contribution in [2.45, 2.75) is 63.5 Å². The first kappa shape index (κ1) is 31.5. The lowest BCUT2D eigenvalue weighted by Gasteiger charge is -2.54. The molecule has 48 heavy (non-hydrogen) atoms. The van der Waals surface area contributed by atoms with E-state index in [-0.39, 0.29) is 11.7 Å². The van der Waals surface area contributed by atoms with Crippen LogP contribution in [0.2, 0.25) is 0 Å². The van der Waals surface area contributed by atoms with Gasteiger partial charge >= 0.3 is 0 Å². The van der Waals surface area contributed by atoms with Gasteiger partial charge in [0.25, 0.3) is 5.91 Å². The zero-order valence-corrected chi connectivity index (χ0v) is 28.2. The Bertz CT molecular complexity index is 1580. The van der Waals surface area contributed by atoms with Crippen molar-refractivity contribution in [2.75, 3.05) is 75.1 Å². The van der Waals surface area contributed by atoms with Gasteiger partial charge < -0.3 is 35.8 Å². The van der Waals surface area contributed by atoms with Crippen LogP contribution < -0.4 is 21.3 Å². The van der Waals surface area contributed by atoms with Crippen LogP contribution in [0.4, 0.5) is 23.0 Å². The Balaban J connectivity index is 0.940. The standard InChI is InChI=1S/C37H49N9O2/c1-44-24-37(25-44)11-18-46(19-12-37)29-9-16-45(17-10-29)28-7-5-26(6-8-28)40-35-32(33(38)47)42-31(30-4-2-3-15-39-30)34(43-35)41-27-22-36(23-27)13-20-48-21-14-36/h2-8,15,27,29H,9-14,16-25H2,1H3,(H2,38,47)(H2,40,41,43). The molecule has 1 aliphatic carbocycles. The Hall–Kier alpha value is -3.80. The molecule has 3 aromatic rings. The number of pyridine rings is 1. The lowest BCUT2D eigenvalue weighted by atomic mass is 9.61. The molecule has 0 unspecified atom stereocenters. The minimum atomic E-state index is -0.637. The molecule has 254 valence electrons. The number of rotatable bonds is 8. The van der Waals surface area contributed by atoms with Crippen LogP contribution in [0.25, 0.3) is 11.4 Å². The molecular formula is C37H49N9O2. The number of piperidine rings is 2. The number of hydrogen-bond acceptors (Lipinski definition) is 10. The highest BCUT2D eigenvalue weighted by Gasteiger charge is 2.46. The van der Waals surface area contributed by atoms with E-state index in [1.807, 2.05) is 30.3 Å². The summed E-state index contributed by atoms with van der Waals surface area (Å²) in [5.74, 6) is 0.314. The molecule has 1 saturated carbocycles. The Morgan fingerprint density at radius 3 is 2.27 bits per heavy atom. The van der Waals surface area contributed by atoms with Crippen molar-refractivity contribution in [3.63, 3.8) is 0 Å². The number of aromatic nitrogens is 3. The number of hydrogen-bond donors (Lipinski definition) is 3. The minimum absolute atomic E-state index is 0.0924. The fourth-order valence-corrected chi connectivity index (χ4v) is 9.13. The second-order valence-electron chi connectivity index (χ2n) is 15.2. The van der Waals surface area contributed by atoms with Crippen molar-refractivity contribution in [1.82, 2.24) is 24.8 Å². The number of anilines is 4. The molecule has 0 bridgehead atoms. The highest BCUT2D eigenvalue weighted by Crippen LogP contribution is 2.50. The summed E-state index contributed by atoms with van der Waals surface area (Å²) < 4.78 is 5.61. The third kappa shape index (κ3) is 6.35. The maximum atomic E-state index is 12.7. The summed E-state index contributed by atoms with van der Waals surface area (Å²) >= 11 is 0. The number of nitrogens with one attached hydrogen (secondary N) is 2. The van der Waals surface area contributed by atoms with Gasteiger partial charge in [-0.15, -0.1) is 0 Å². The topological polar surface area (TPSA) is 125 Å². The lowest BCUT2D eigenvalue weighted by Crippen LogP contribution is -2.60. The number of ether oxygens (including phenoxy) is 1. The van der Waals surface area contributed by atoms with E-state index < -0.39 is 5.91 Å². The van der Waals surface area contributed by atoms with E-state index in [9.17, 15) is 4.79 Å². The molecule has 0 atom stereocenters. The van der Waals surface area contributed by atoms with E-state index in [0.29, 0.717) is 39.9 Å². The zero-order valence-electron chi connectivity index (χ0n) is 28.2. The molecule has 2 aromatic heterocycles. The van der Waals surface area contributed by atoms with Crippen molar-refractivity contribution in [2.24, 2.45) is 16.6 Å². The van der Waals surface area contributed by atoms with Crippen LogP contribution in [-0.2, 0) is 4.74 Å². The van der Waals surface area contributed by atoms with Crippen LogP contribution in [0.5, 0.6) is 0 Å². The van der Waals surface area contributed by atoms with Crippen molar-refractivity contribution in [3.8, 4) is 11.4 Å². The Morgan fingerprint density at radius 2 is 1.62 bits per heavy atom. The number of carbonyl (C=O) groups excluding carboxylic acids is 1. The fourth-order valence-electron chi connectivity index (χ4n) is 9.13. The molecule has 2 spiro atoms. The maximum Gasteiger partial charge on any atom is 0.271 e. The predicted molar refractivity (Wildman–Crippen MR) is 189 cm³/mol. The summed E-state index contributed by atoms with van der Waals surface area (Å²) in [6.45, 7) is 8.89. The van der Waals surface area contributed by atoms with Crippen LogP contribution in [0.3, 0.4) is 0 Å². The predicted octanol–water partition coefficient (Wildman–Crippen LogP) is 4.75. The number of nitrogens with two attached hydrogens (primary N) is 1. The Morgan fingerprint density at radius 1 is 0.896 bits per heavy atom. The maximum absolute atomic E-state index is 12.7. The number of nitrogens with zero attached hydrogens (tertiary/aromatic N) is 6. The normalized spacial score (nSPS) is 23.1. The summed E-state index contributed by atoms with van der Waals surface area (Å²) in [5.41, 5.74) is 10.1. The van der Waals surface area contributed by atoms with Gasteiger partial charge in [-0.1, -0.05) is 6.07 Å². The monoisotopic (exact) mass is 651 g/mol. The molecule has 4 N–H and O–H groups in total. The smallest absolute Gasteiger partial charge is 0.271 e. The van der Waals surface area contributed by atoms with Gasteiger partial charge in [0.2, 0.25) is 0 Å². The van der Waals surface area contributed by atoms with Gasteiger partial charge in [0.05, 0.1) is 5.69 Å². The van der Waals surface area contributed by atoms with Crippen LogP contribution in [0.1, 0.15) is 61.9 Å². The van der Waals surface area contributed by atoms with Gasteiger partial charge in [-0.3, -0.25) is 9.78 Å². The lowest BCUT2D eigenvalue weighted by molar-refractivity contribution is -0.0419. The van der Waals surface area contributed by atoms with E-state index in [2.05, 4.69) is 49.5 Å². The second-order valence-corrected chi connectivity index (χ2v) is 15.2. The SMILES string of the molecule is CN1CC2(CCN(C3CCN(c4ccc(Nc5nc(NC6CC7(CCOCC7)C6)c(-c6ccccn6)nc5C(N)=O)cc4)CC3)CC2)C1. The number of amides is 1. The average Bonchev–Trinajstić information content (AvgIpc) is 3.09. The molecular weight excluding hydrogens is 602 g/mol. The number of likely N-dealkylation sites (tertiary alicyclic amines) is 2. The molecule has 0 radical (unpaired) electrons. The summed E-state index contributed by atoms with van der Waals surface area (Å²) in [6, 6.07) is 15.0. The molecule has 4 saturated heterocycles. The summed E-state index contributed by atoms with van der Waals surface area (Å²) in [7, 11) is 2.25. The van der Waals surface area contributed by atoms with Gasteiger partial charge in [0.1, 0.15) is 5.69 Å². The molecule has 6 heterocycles. The van der Waals surface area contributed by atoms with Crippen LogP contribution >= 0.6 is 0 Å². The third-order valence-electron chi connectivity index (χ3n) is 11.8. The van der Waals surface area contributed by atoms with Gasteiger partial charge in [-0.05, 0) is 119 Å². The molecule has 1 amide bonds. The molecule has 5 aliphatic rings. The van der Waals surface area contributed by atoms with E-state index in [4.69, 9.17) is 20.4 Å². The Kier molecular flexibility index (Phi) is 8.46. The summed E-state index contributed by atoms with van der Waals surface area (Å²) in [6.07, 6.45) is 11.2. The van der Waals surface area contributed by atoms with Crippen molar-refractivity contribution in [1.29, 1.82) is 0 Å². The Labute approximate surface area is 283 Å². The summed E-state index contributed by atoms with van der Waals surface area (Å²) in [5, 5.41) is 7.00. The molecule has 1 aromatic carbocycles. The quantitative estimate of drug-likeness (QED) is 0.314. The van der Waals surface area contributed by atoms with Crippen LogP contribution in [0.15, 0.2) is 48.7 Å².